The Morgan fingerprint density at radius 3 is 3.07 bits per heavy atom. The molecule has 0 aliphatic rings. The average Bonchev–Trinajstić information content (AvgIpc) is 2.58. The van der Waals surface area contributed by atoms with Crippen molar-refractivity contribution >= 4 is 27.5 Å². The minimum atomic E-state index is -1.19. The normalized spacial score (nSPS) is 12.9. The fourth-order valence-corrected chi connectivity index (χ4v) is 1.44. The lowest BCUT2D eigenvalue weighted by Gasteiger charge is -1.97. The van der Waals surface area contributed by atoms with Crippen LogP contribution < -0.4 is 5.73 Å². The van der Waals surface area contributed by atoms with E-state index in [1.54, 1.807) is 18.3 Å². The van der Waals surface area contributed by atoms with Crippen LogP contribution in [-0.4, -0.2) is 25.7 Å². The summed E-state index contributed by atoms with van der Waals surface area (Å²) in [5, 5.41) is 12.6. The first-order valence-electron chi connectivity index (χ1n) is 4.08. The van der Waals surface area contributed by atoms with E-state index in [0.29, 0.717) is 5.65 Å². The minimum absolute atomic E-state index is 0.0978. The number of fused-ring (bicyclic) bond motifs is 1. The number of nitrogens with zero attached hydrogens (tertiary/aromatic N) is 3. The Labute approximate surface area is 92.9 Å². The van der Waals surface area contributed by atoms with Gasteiger partial charge in [0.05, 0.1) is 0 Å². The van der Waals surface area contributed by atoms with Gasteiger partial charge < -0.3 is 10.8 Å². The van der Waals surface area contributed by atoms with E-state index in [9.17, 15) is 4.79 Å². The van der Waals surface area contributed by atoms with Crippen LogP contribution in [0.2, 0.25) is 0 Å². The number of nitrogens with two attached hydrogens (primary N) is 1. The maximum absolute atomic E-state index is 10.6. The van der Waals surface area contributed by atoms with Gasteiger partial charge in [0, 0.05) is 10.7 Å². The molecule has 1 unspecified atom stereocenters. The molecule has 2 aromatic rings. The molecule has 0 aromatic carbocycles. The summed E-state index contributed by atoms with van der Waals surface area (Å²) in [5.74, 6) is -1.05. The van der Waals surface area contributed by atoms with E-state index >= 15 is 0 Å². The molecule has 0 saturated carbocycles. The van der Waals surface area contributed by atoms with Gasteiger partial charge in [0.25, 0.3) is 0 Å². The number of hydrogen-bond donors (Lipinski definition) is 2. The predicted octanol–water partition coefficient (Wildman–Crippen LogP) is 0.576. The van der Waals surface area contributed by atoms with Gasteiger partial charge in [-0.05, 0) is 12.1 Å². The Morgan fingerprint density at radius 2 is 2.40 bits per heavy atom. The van der Waals surface area contributed by atoms with E-state index in [1.807, 2.05) is 0 Å². The SMILES string of the molecule is NC(C(=O)O)c1nc2cc(Br)ccn2n1. The monoisotopic (exact) mass is 270 g/mol. The molecule has 2 heterocycles. The smallest absolute Gasteiger partial charge is 0.328 e. The van der Waals surface area contributed by atoms with E-state index < -0.39 is 12.0 Å². The number of aliphatic carboxylic acids is 1. The molecule has 6 nitrogen and oxygen atoms in total. The van der Waals surface area contributed by atoms with Crippen molar-refractivity contribution in [1.82, 2.24) is 14.6 Å². The molecule has 7 heteroatoms. The second kappa shape index (κ2) is 3.59. The van der Waals surface area contributed by atoms with Gasteiger partial charge >= 0.3 is 5.97 Å². The zero-order valence-electron chi connectivity index (χ0n) is 7.46. The largest absolute Gasteiger partial charge is 0.480 e. The van der Waals surface area contributed by atoms with Gasteiger partial charge in [-0.25, -0.2) is 9.50 Å². The van der Waals surface area contributed by atoms with Gasteiger partial charge in [0.2, 0.25) is 0 Å². The maximum Gasteiger partial charge on any atom is 0.328 e. The van der Waals surface area contributed by atoms with E-state index in [-0.39, 0.29) is 5.82 Å². The van der Waals surface area contributed by atoms with Crippen LogP contribution in [0.4, 0.5) is 0 Å². The summed E-state index contributed by atoms with van der Waals surface area (Å²) in [7, 11) is 0. The maximum atomic E-state index is 10.6. The predicted molar refractivity (Wildman–Crippen MR) is 55.3 cm³/mol. The Morgan fingerprint density at radius 1 is 1.67 bits per heavy atom. The van der Waals surface area contributed by atoms with Gasteiger partial charge in [-0.1, -0.05) is 15.9 Å². The second-order valence-corrected chi connectivity index (χ2v) is 3.85. The van der Waals surface area contributed by atoms with Crippen molar-refractivity contribution in [3.63, 3.8) is 0 Å². The third-order valence-corrected chi connectivity index (χ3v) is 2.35. The van der Waals surface area contributed by atoms with Crippen molar-refractivity contribution in [3.8, 4) is 0 Å². The number of pyridine rings is 1. The lowest BCUT2D eigenvalue weighted by molar-refractivity contribution is -0.138. The number of hydrogen-bond acceptors (Lipinski definition) is 4. The van der Waals surface area contributed by atoms with Gasteiger partial charge in [-0.2, -0.15) is 0 Å². The lowest BCUT2D eigenvalue weighted by atomic mass is 10.3. The van der Waals surface area contributed by atoms with Gasteiger partial charge in [-0.3, -0.25) is 4.79 Å². The minimum Gasteiger partial charge on any atom is -0.480 e. The molecule has 3 N–H and O–H groups in total. The summed E-state index contributed by atoms with van der Waals surface area (Å²) >= 11 is 3.28. The number of carbonyl (C=O) groups is 1. The number of rotatable bonds is 2. The standard InChI is InChI=1S/C8H7BrN4O2/c9-4-1-2-13-5(3-4)11-7(12-13)6(10)8(14)15/h1-3,6H,10H2,(H,14,15). The molecule has 0 amide bonds. The van der Waals surface area contributed by atoms with Crippen molar-refractivity contribution < 1.29 is 9.90 Å². The molecular formula is C8H7BrN4O2. The Hall–Kier alpha value is -1.47. The Bertz CT molecular complexity index is 524. The van der Waals surface area contributed by atoms with Gasteiger partial charge in [-0.15, -0.1) is 5.10 Å². The molecule has 15 heavy (non-hydrogen) atoms. The van der Waals surface area contributed by atoms with E-state index in [1.165, 1.54) is 4.52 Å². The highest BCUT2D eigenvalue weighted by molar-refractivity contribution is 9.10. The first-order valence-corrected chi connectivity index (χ1v) is 4.87. The summed E-state index contributed by atoms with van der Waals surface area (Å²) in [4.78, 5) is 14.6. The third-order valence-electron chi connectivity index (χ3n) is 1.86. The van der Waals surface area contributed by atoms with Crippen molar-refractivity contribution in [3.05, 3.63) is 28.6 Å². The molecule has 0 saturated heterocycles. The van der Waals surface area contributed by atoms with Crippen molar-refractivity contribution in [2.45, 2.75) is 6.04 Å². The summed E-state index contributed by atoms with van der Waals surface area (Å²) in [6.07, 6.45) is 1.67. The van der Waals surface area contributed by atoms with Crippen LogP contribution in [0, 0.1) is 0 Å². The van der Waals surface area contributed by atoms with E-state index in [2.05, 4.69) is 26.0 Å². The van der Waals surface area contributed by atoms with Crippen molar-refractivity contribution in [1.29, 1.82) is 0 Å². The van der Waals surface area contributed by atoms with Crippen LogP contribution >= 0.6 is 15.9 Å². The summed E-state index contributed by atoms with van der Waals surface area (Å²) in [5.41, 5.74) is 5.94. The molecule has 2 rings (SSSR count). The number of carboxylic acids is 1. The van der Waals surface area contributed by atoms with Crippen molar-refractivity contribution in [2.75, 3.05) is 0 Å². The zero-order chi connectivity index (χ0) is 11.0. The molecule has 0 fully saturated rings. The van der Waals surface area contributed by atoms with Crippen LogP contribution in [0.25, 0.3) is 5.65 Å². The molecule has 0 aliphatic carbocycles. The molecule has 0 bridgehead atoms. The highest BCUT2D eigenvalue weighted by atomic mass is 79.9. The summed E-state index contributed by atoms with van der Waals surface area (Å²) in [6, 6.07) is 2.31. The molecular weight excluding hydrogens is 264 g/mol. The average molecular weight is 271 g/mol. The van der Waals surface area contributed by atoms with Crippen molar-refractivity contribution in [2.24, 2.45) is 5.73 Å². The summed E-state index contributed by atoms with van der Waals surface area (Å²) < 4.78 is 2.32. The number of carboxylic acid groups (broad SMARTS) is 1. The molecule has 0 radical (unpaired) electrons. The number of halogens is 1. The summed E-state index contributed by atoms with van der Waals surface area (Å²) in [6.45, 7) is 0. The van der Waals surface area contributed by atoms with Gasteiger partial charge in [0.1, 0.15) is 0 Å². The molecule has 0 spiro atoms. The zero-order valence-corrected chi connectivity index (χ0v) is 9.05. The van der Waals surface area contributed by atoms with Crippen LogP contribution in [0.1, 0.15) is 11.9 Å². The van der Waals surface area contributed by atoms with Gasteiger partial charge in [0.15, 0.2) is 17.5 Å². The second-order valence-electron chi connectivity index (χ2n) is 2.93. The fraction of sp³-hybridized carbons (Fsp3) is 0.125. The van der Waals surface area contributed by atoms with E-state index in [0.717, 1.165) is 4.47 Å². The fourth-order valence-electron chi connectivity index (χ4n) is 1.12. The molecule has 2 aromatic heterocycles. The highest BCUT2D eigenvalue weighted by Crippen LogP contribution is 2.13. The van der Waals surface area contributed by atoms with Crippen LogP contribution in [0.3, 0.4) is 0 Å². The van der Waals surface area contributed by atoms with Crippen LogP contribution in [-0.2, 0) is 4.79 Å². The third kappa shape index (κ3) is 1.83. The van der Waals surface area contributed by atoms with Crippen LogP contribution in [0.5, 0.6) is 0 Å². The highest BCUT2D eigenvalue weighted by Gasteiger charge is 2.19. The first-order chi connectivity index (χ1) is 7.08. The lowest BCUT2D eigenvalue weighted by Crippen LogP contribution is -2.22. The first kappa shape index (κ1) is 10.1. The molecule has 0 aliphatic heterocycles. The molecule has 1 atom stereocenters. The Kier molecular flexibility index (Phi) is 2.41. The molecule has 78 valence electrons. The number of aromatic nitrogens is 3. The van der Waals surface area contributed by atoms with E-state index in [4.69, 9.17) is 10.8 Å². The Balaban J connectivity index is 2.51. The quantitative estimate of drug-likeness (QED) is 0.833. The topological polar surface area (TPSA) is 93.5 Å². The van der Waals surface area contributed by atoms with Crippen LogP contribution in [0.15, 0.2) is 22.8 Å².